The first kappa shape index (κ1) is 24.2. The molecular weight excluding hydrogens is 454 g/mol. The van der Waals surface area contributed by atoms with Crippen molar-refractivity contribution in [3.8, 4) is 5.75 Å². The van der Waals surface area contributed by atoms with Gasteiger partial charge in [-0.2, -0.15) is 0 Å². The maximum Gasteiger partial charge on any atom is 0.407 e. The van der Waals surface area contributed by atoms with Crippen LogP contribution >= 0.6 is 24.0 Å². The molecule has 0 aliphatic carbocycles. The van der Waals surface area contributed by atoms with Crippen LogP contribution in [0.25, 0.3) is 0 Å². The van der Waals surface area contributed by atoms with E-state index < -0.39 is 11.7 Å². The Morgan fingerprint density at radius 3 is 2.42 bits per heavy atom. The minimum absolute atomic E-state index is 0. The largest absolute Gasteiger partial charge is 0.492 e. The van der Waals surface area contributed by atoms with Gasteiger partial charge < -0.3 is 25.4 Å². The molecule has 0 unspecified atom stereocenters. The summed E-state index contributed by atoms with van der Waals surface area (Å²) < 4.78 is 23.6. The van der Waals surface area contributed by atoms with Crippen molar-refractivity contribution in [3.05, 3.63) is 30.1 Å². The van der Waals surface area contributed by atoms with Crippen LogP contribution in [0.15, 0.2) is 29.3 Å². The molecule has 0 spiro atoms. The number of halogens is 2. The second-order valence-electron chi connectivity index (χ2n) is 6.16. The number of hydrogen-bond donors (Lipinski definition) is 3. The van der Waals surface area contributed by atoms with Crippen molar-refractivity contribution in [1.82, 2.24) is 16.0 Å². The standard InChI is InChI=1S/C17H27FN4O3.HI/c1-17(2,3)25-16(23)22-9-8-20-15(19-4)21-10-11-24-14-7-5-6-13(18)12-14;/h5-7,12H,8-11H2,1-4H3,(H,22,23)(H2,19,20,21);1H. The minimum atomic E-state index is -0.517. The van der Waals surface area contributed by atoms with E-state index in [1.54, 1.807) is 19.2 Å². The Bertz CT molecular complexity index is 579. The van der Waals surface area contributed by atoms with E-state index in [9.17, 15) is 9.18 Å². The molecular formula is C17H28FIN4O3. The third-order valence-corrected chi connectivity index (χ3v) is 2.77. The number of benzene rings is 1. The Kier molecular flexibility index (Phi) is 11.7. The second-order valence-corrected chi connectivity index (χ2v) is 6.16. The van der Waals surface area contributed by atoms with Gasteiger partial charge in [-0.1, -0.05) is 6.07 Å². The SMILES string of the molecule is CN=C(NCCNC(=O)OC(C)(C)C)NCCOc1cccc(F)c1.I. The number of ether oxygens (including phenoxy) is 2. The molecule has 1 aromatic carbocycles. The third-order valence-electron chi connectivity index (χ3n) is 2.77. The Morgan fingerprint density at radius 1 is 1.15 bits per heavy atom. The molecule has 7 nitrogen and oxygen atoms in total. The summed E-state index contributed by atoms with van der Waals surface area (Å²) in [6.45, 7) is 7.17. The minimum Gasteiger partial charge on any atom is -0.492 e. The summed E-state index contributed by atoms with van der Waals surface area (Å²) in [5.41, 5.74) is -0.517. The molecule has 0 aliphatic heterocycles. The second kappa shape index (κ2) is 12.6. The molecule has 26 heavy (non-hydrogen) atoms. The van der Waals surface area contributed by atoms with Gasteiger partial charge in [0.2, 0.25) is 0 Å². The van der Waals surface area contributed by atoms with E-state index in [0.717, 1.165) is 0 Å². The number of guanidine groups is 1. The van der Waals surface area contributed by atoms with E-state index in [1.165, 1.54) is 12.1 Å². The summed E-state index contributed by atoms with van der Waals surface area (Å²) in [5.74, 6) is 0.723. The number of amides is 1. The fourth-order valence-electron chi connectivity index (χ4n) is 1.78. The number of aliphatic imine (C=N–C) groups is 1. The van der Waals surface area contributed by atoms with Crippen LogP contribution in [-0.2, 0) is 4.74 Å². The molecule has 9 heteroatoms. The molecule has 0 heterocycles. The van der Waals surface area contributed by atoms with Crippen LogP contribution in [0.3, 0.4) is 0 Å². The van der Waals surface area contributed by atoms with Crippen LogP contribution in [0.2, 0.25) is 0 Å². The van der Waals surface area contributed by atoms with Crippen molar-refractivity contribution in [3.63, 3.8) is 0 Å². The lowest BCUT2D eigenvalue weighted by atomic mass is 10.2. The first-order valence-corrected chi connectivity index (χ1v) is 8.10. The molecule has 1 aromatic rings. The van der Waals surface area contributed by atoms with Crippen LogP contribution in [0, 0.1) is 5.82 Å². The highest BCUT2D eigenvalue weighted by Crippen LogP contribution is 2.11. The van der Waals surface area contributed by atoms with Crippen molar-refractivity contribution < 1.29 is 18.7 Å². The predicted octanol–water partition coefficient (Wildman–Crippen LogP) is 2.51. The third kappa shape index (κ3) is 11.7. The topological polar surface area (TPSA) is 84.0 Å². The number of carbonyl (C=O) groups is 1. The number of nitrogens with one attached hydrogen (secondary N) is 3. The zero-order valence-electron chi connectivity index (χ0n) is 15.6. The molecule has 3 N–H and O–H groups in total. The van der Waals surface area contributed by atoms with Crippen LogP contribution in [0.5, 0.6) is 5.75 Å². The summed E-state index contributed by atoms with van der Waals surface area (Å²) in [7, 11) is 1.64. The van der Waals surface area contributed by atoms with Gasteiger partial charge >= 0.3 is 6.09 Å². The molecule has 0 aliphatic rings. The van der Waals surface area contributed by atoms with E-state index in [4.69, 9.17) is 9.47 Å². The van der Waals surface area contributed by atoms with E-state index >= 15 is 0 Å². The van der Waals surface area contributed by atoms with Gasteiger partial charge in [-0.15, -0.1) is 24.0 Å². The Hall–Kier alpha value is -1.78. The van der Waals surface area contributed by atoms with Gasteiger partial charge in [-0.25, -0.2) is 9.18 Å². The highest BCUT2D eigenvalue weighted by atomic mass is 127. The zero-order chi connectivity index (χ0) is 18.7. The number of rotatable bonds is 7. The van der Waals surface area contributed by atoms with Gasteiger partial charge in [0, 0.05) is 26.2 Å². The average Bonchev–Trinajstić information content (AvgIpc) is 2.51. The molecule has 148 valence electrons. The lowest BCUT2D eigenvalue weighted by molar-refractivity contribution is 0.0529. The number of carbonyl (C=O) groups excluding carboxylic acids is 1. The molecule has 0 bridgehead atoms. The molecule has 0 atom stereocenters. The van der Waals surface area contributed by atoms with Gasteiger partial charge in [0.1, 0.15) is 23.8 Å². The smallest absolute Gasteiger partial charge is 0.407 e. The van der Waals surface area contributed by atoms with Crippen LogP contribution in [-0.4, -0.2) is 50.9 Å². The fraction of sp³-hybridized carbons (Fsp3) is 0.529. The highest BCUT2D eigenvalue weighted by Gasteiger charge is 2.15. The summed E-state index contributed by atoms with van der Waals surface area (Å²) in [5, 5.41) is 8.75. The average molecular weight is 482 g/mol. The van der Waals surface area contributed by atoms with Crippen molar-refractivity contribution in [2.24, 2.45) is 4.99 Å². The molecule has 1 amide bonds. The van der Waals surface area contributed by atoms with Gasteiger partial charge in [0.15, 0.2) is 5.96 Å². The van der Waals surface area contributed by atoms with Crippen LogP contribution < -0.4 is 20.7 Å². The summed E-state index contributed by atoms with van der Waals surface area (Å²) >= 11 is 0. The van der Waals surface area contributed by atoms with Gasteiger partial charge in [-0.3, -0.25) is 4.99 Å². The van der Waals surface area contributed by atoms with Crippen molar-refractivity contribution in [1.29, 1.82) is 0 Å². The molecule has 1 rings (SSSR count). The van der Waals surface area contributed by atoms with Gasteiger partial charge in [0.25, 0.3) is 0 Å². The Balaban J connectivity index is 0.00000625. The number of alkyl carbamates (subject to hydrolysis) is 1. The number of nitrogens with zero attached hydrogens (tertiary/aromatic N) is 1. The summed E-state index contributed by atoms with van der Waals surface area (Å²) in [6, 6.07) is 5.98. The van der Waals surface area contributed by atoms with E-state index in [2.05, 4.69) is 20.9 Å². The van der Waals surface area contributed by atoms with Gasteiger partial charge in [0.05, 0.1) is 6.54 Å². The first-order chi connectivity index (χ1) is 11.8. The maximum atomic E-state index is 13.0. The predicted molar refractivity (Wildman–Crippen MR) is 111 cm³/mol. The normalized spacial score (nSPS) is 11.2. The quantitative estimate of drug-likeness (QED) is 0.241. The molecule has 0 radical (unpaired) electrons. The van der Waals surface area contributed by atoms with Gasteiger partial charge in [-0.05, 0) is 32.9 Å². The van der Waals surface area contributed by atoms with Crippen molar-refractivity contribution in [2.45, 2.75) is 26.4 Å². The molecule has 0 saturated carbocycles. The number of hydrogen-bond acceptors (Lipinski definition) is 4. The zero-order valence-corrected chi connectivity index (χ0v) is 17.9. The molecule has 0 aromatic heterocycles. The maximum absolute atomic E-state index is 13.0. The summed E-state index contributed by atoms with van der Waals surface area (Å²) in [4.78, 5) is 15.5. The van der Waals surface area contributed by atoms with Crippen molar-refractivity contribution >= 4 is 36.0 Å². The molecule has 0 saturated heterocycles. The molecule has 0 fully saturated rings. The monoisotopic (exact) mass is 482 g/mol. The lowest BCUT2D eigenvalue weighted by Gasteiger charge is -2.19. The lowest BCUT2D eigenvalue weighted by Crippen LogP contribution is -2.43. The Labute approximate surface area is 171 Å². The summed E-state index contributed by atoms with van der Waals surface area (Å²) in [6.07, 6.45) is -0.458. The van der Waals surface area contributed by atoms with Crippen molar-refractivity contribution in [2.75, 3.05) is 33.3 Å². The first-order valence-electron chi connectivity index (χ1n) is 8.10. The highest BCUT2D eigenvalue weighted by molar-refractivity contribution is 14.0. The van der Waals surface area contributed by atoms with E-state index in [0.29, 0.717) is 38.0 Å². The Morgan fingerprint density at radius 2 is 1.81 bits per heavy atom. The van der Waals surface area contributed by atoms with E-state index in [1.807, 2.05) is 20.8 Å². The van der Waals surface area contributed by atoms with Crippen LogP contribution in [0.1, 0.15) is 20.8 Å². The fourth-order valence-corrected chi connectivity index (χ4v) is 1.78. The van der Waals surface area contributed by atoms with E-state index in [-0.39, 0.29) is 29.8 Å². The van der Waals surface area contributed by atoms with Crippen LogP contribution in [0.4, 0.5) is 9.18 Å².